The summed E-state index contributed by atoms with van der Waals surface area (Å²) < 4.78 is 0. The maximum atomic E-state index is 11.2. The molecule has 0 aromatic heterocycles. The molecule has 1 aliphatic rings. The number of aliphatic hydroxyl groups is 1. The zero-order chi connectivity index (χ0) is 8.27. The van der Waals surface area contributed by atoms with Gasteiger partial charge in [0.25, 0.3) is 0 Å². The summed E-state index contributed by atoms with van der Waals surface area (Å²) in [6, 6.07) is 0. The number of likely N-dealkylation sites (tertiary alicyclic amines) is 1. The largest absolute Gasteiger partial charge is 0.391 e. The zero-order valence-corrected chi connectivity index (χ0v) is 7.43. The van der Waals surface area contributed by atoms with Crippen molar-refractivity contribution in [2.75, 3.05) is 25.1 Å². The van der Waals surface area contributed by atoms with Gasteiger partial charge in [-0.3, -0.25) is 4.79 Å². The van der Waals surface area contributed by atoms with Crippen molar-refractivity contribution in [3.8, 4) is 0 Å². The molecular formula is C7H13NO2S. The first-order valence-corrected chi connectivity index (χ1v) is 5.08. The second kappa shape index (κ2) is 3.97. The molecule has 1 saturated heterocycles. The molecule has 11 heavy (non-hydrogen) atoms. The van der Waals surface area contributed by atoms with Crippen LogP contribution >= 0.6 is 11.8 Å². The van der Waals surface area contributed by atoms with Crippen molar-refractivity contribution in [1.29, 1.82) is 0 Å². The fourth-order valence-electron chi connectivity index (χ4n) is 1.18. The zero-order valence-electron chi connectivity index (χ0n) is 6.62. The quantitative estimate of drug-likeness (QED) is 0.639. The highest BCUT2D eigenvalue weighted by Crippen LogP contribution is 2.09. The molecule has 1 atom stereocenters. The second-order valence-corrected chi connectivity index (χ2v) is 3.58. The highest BCUT2D eigenvalue weighted by molar-refractivity contribution is 7.99. The molecule has 0 radical (unpaired) electrons. The second-order valence-electron chi connectivity index (χ2n) is 2.72. The first-order chi connectivity index (χ1) is 5.24. The summed E-state index contributed by atoms with van der Waals surface area (Å²) >= 11 is 1.52. The van der Waals surface area contributed by atoms with Gasteiger partial charge in [0.1, 0.15) is 0 Å². The number of carbonyl (C=O) groups excluding carboxylic acids is 1. The van der Waals surface area contributed by atoms with Crippen molar-refractivity contribution in [3.63, 3.8) is 0 Å². The summed E-state index contributed by atoms with van der Waals surface area (Å²) in [4.78, 5) is 12.9. The van der Waals surface area contributed by atoms with Crippen LogP contribution in [0.5, 0.6) is 0 Å². The summed E-state index contributed by atoms with van der Waals surface area (Å²) in [6.07, 6.45) is 2.35. The summed E-state index contributed by atoms with van der Waals surface area (Å²) in [5.74, 6) is 0.682. The first-order valence-electron chi connectivity index (χ1n) is 3.69. The van der Waals surface area contributed by atoms with Crippen LogP contribution in [0.3, 0.4) is 0 Å². The normalized spacial score (nSPS) is 24.2. The van der Waals surface area contributed by atoms with Crippen LogP contribution in [0.1, 0.15) is 6.42 Å². The van der Waals surface area contributed by atoms with Crippen LogP contribution in [-0.4, -0.2) is 47.1 Å². The van der Waals surface area contributed by atoms with E-state index in [4.69, 9.17) is 5.11 Å². The molecule has 0 aliphatic carbocycles. The van der Waals surface area contributed by atoms with E-state index in [9.17, 15) is 4.79 Å². The van der Waals surface area contributed by atoms with Gasteiger partial charge in [0.15, 0.2) is 0 Å². The third-order valence-corrected chi connectivity index (χ3v) is 2.32. The van der Waals surface area contributed by atoms with Crippen molar-refractivity contribution < 1.29 is 9.90 Å². The Labute approximate surface area is 70.8 Å². The smallest absolute Gasteiger partial charge is 0.232 e. The minimum absolute atomic E-state index is 0.147. The standard InChI is InChI=1S/C7H13NO2S/c1-11-5-7(10)8-3-2-6(9)4-8/h6,9H,2-5H2,1H3/t6-/m1/s1. The predicted octanol–water partition coefficient (Wildman–Crippen LogP) is -0.0574. The number of amides is 1. The highest BCUT2D eigenvalue weighted by Gasteiger charge is 2.23. The van der Waals surface area contributed by atoms with E-state index in [1.54, 1.807) is 4.90 Å². The predicted molar refractivity (Wildman–Crippen MR) is 45.6 cm³/mol. The number of thioether (sulfide) groups is 1. The molecule has 1 heterocycles. The van der Waals surface area contributed by atoms with Crippen LogP contribution in [0.4, 0.5) is 0 Å². The number of aliphatic hydroxyl groups excluding tert-OH is 1. The molecule has 0 unspecified atom stereocenters. The van der Waals surface area contributed by atoms with Gasteiger partial charge in [0.2, 0.25) is 5.91 Å². The molecular weight excluding hydrogens is 162 g/mol. The molecule has 1 aliphatic heterocycles. The molecule has 4 heteroatoms. The first kappa shape index (κ1) is 8.87. The topological polar surface area (TPSA) is 40.5 Å². The maximum Gasteiger partial charge on any atom is 0.232 e. The SMILES string of the molecule is CSCC(=O)N1CC[C@@H](O)C1. The van der Waals surface area contributed by atoms with E-state index in [-0.39, 0.29) is 12.0 Å². The highest BCUT2D eigenvalue weighted by atomic mass is 32.2. The van der Waals surface area contributed by atoms with Gasteiger partial charge in [-0.2, -0.15) is 11.8 Å². The summed E-state index contributed by atoms with van der Waals surface area (Å²) in [5, 5.41) is 9.12. The van der Waals surface area contributed by atoms with Crippen LogP contribution in [0.2, 0.25) is 0 Å². The van der Waals surface area contributed by atoms with Gasteiger partial charge in [-0.05, 0) is 12.7 Å². The van der Waals surface area contributed by atoms with E-state index in [1.807, 2.05) is 6.26 Å². The molecule has 1 rings (SSSR count). The van der Waals surface area contributed by atoms with Crippen molar-refractivity contribution in [2.24, 2.45) is 0 Å². The number of β-amino-alcohol motifs (C(OH)–C–C–N with tert-alkyl or cyclic N) is 1. The van der Waals surface area contributed by atoms with Crippen molar-refractivity contribution in [1.82, 2.24) is 4.90 Å². The summed E-state index contributed by atoms with van der Waals surface area (Å²) in [6.45, 7) is 1.25. The monoisotopic (exact) mass is 175 g/mol. The molecule has 64 valence electrons. The van der Waals surface area contributed by atoms with Gasteiger partial charge in [-0.15, -0.1) is 0 Å². The minimum Gasteiger partial charge on any atom is -0.391 e. The van der Waals surface area contributed by atoms with Gasteiger partial charge in [-0.1, -0.05) is 0 Å². The van der Waals surface area contributed by atoms with Crippen molar-refractivity contribution in [2.45, 2.75) is 12.5 Å². The minimum atomic E-state index is -0.291. The Morgan fingerprint density at radius 3 is 3.00 bits per heavy atom. The number of hydrogen-bond donors (Lipinski definition) is 1. The molecule has 0 saturated carbocycles. The molecule has 0 aromatic rings. The lowest BCUT2D eigenvalue weighted by Gasteiger charge is -2.13. The van der Waals surface area contributed by atoms with Crippen LogP contribution in [-0.2, 0) is 4.79 Å². The molecule has 3 nitrogen and oxygen atoms in total. The Balaban J connectivity index is 2.31. The van der Waals surface area contributed by atoms with Crippen molar-refractivity contribution >= 4 is 17.7 Å². The van der Waals surface area contributed by atoms with E-state index in [2.05, 4.69) is 0 Å². The van der Waals surface area contributed by atoms with Crippen LogP contribution < -0.4 is 0 Å². The van der Waals surface area contributed by atoms with Crippen molar-refractivity contribution in [3.05, 3.63) is 0 Å². The van der Waals surface area contributed by atoms with E-state index in [1.165, 1.54) is 11.8 Å². The maximum absolute atomic E-state index is 11.2. The molecule has 0 aromatic carbocycles. The lowest BCUT2D eigenvalue weighted by atomic mass is 10.3. The average molecular weight is 175 g/mol. The van der Waals surface area contributed by atoms with Crippen LogP contribution in [0.15, 0.2) is 0 Å². The number of carbonyl (C=O) groups is 1. The third-order valence-electron chi connectivity index (χ3n) is 1.78. The van der Waals surface area contributed by atoms with Gasteiger partial charge in [-0.25, -0.2) is 0 Å². The van der Waals surface area contributed by atoms with E-state index < -0.39 is 0 Å². The van der Waals surface area contributed by atoms with E-state index >= 15 is 0 Å². The Hall–Kier alpha value is -0.220. The fraction of sp³-hybridized carbons (Fsp3) is 0.857. The molecule has 1 amide bonds. The molecule has 0 spiro atoms. The fourth-order valence-corrected chi connectivity index (χ4v) is 1.61. The van der Waals surface area contributed by atoms with Gasteiger partial charge in [0.05, 0.1) is 11.9 Å². The summed E-state index contributed by atoms with van der Waals surface area (Å²) in [7, 11) is 0. The Morgan fingerprint density at radius 1 is 1.82 bits per heavy atom. The number of hydrogen-bond acceptors (Lipinski definition) is 3. The molecule has 1 N–H and O–H groups in total. The van der Waals surface area contributed by atoms with Gasteiger partial charge in [0, 0.05) is 13.1 Å². The molecule has 0 bridgehead atoms. The van der Waals surface area contributed by atoms with Crippen LogP contribution in [0.25, 0.3) is 0 Å². The third kappa shape index (κ3) is 2.38. The summed E-state index contributed by atoms with van der Waals surface area (Å²) in [5.41, 5.74) is 0. The lowest BCUT2D eigenvalue weighted by molar-refractivity contribution is -0.127. The Bertz CT molecular complexity index is 151. The number of nitrogens with zero attached hydrogens (tertiary/aromatic N) is 1. The lowest BCUT2D eigenvalue weighted by Crippen LogP contribution is -2.30. The van der Waals surface area contributed by atoms with E-state index in [0.29, 0.717) is 12.3 Å². The van der Waals surface area contributed by atoms with E-state index in [0.717, 1.165) is 13.0 Å². The Kier molecular flexibility index (Phi) is 3.20. The number of rotatable bonds is 2. The average Bonchev–Trinajstić information content (AvgIpc) is 2.36. The van der Waals surface area contributed by atoms with Gasteiger partial charge >= 0.3 is 0 Å². The van der Waals surface area contributed by atoms with Crippen LogP contribution in [0, 0.1) is 0 Å². The van der Waals surface area contributed by atoms with Gasteiger partial charge < -0.3 is 10.0 Å². The Morgan fingerprint density at radius 2 is 2.55 bits per heavy atom. The molecule has 1 fully saturated rings.